The zero-order valence-corrected chi connectivity index (χ0v) is 10.7. The minimum absolute atomic E-state index is 0.375. The van der Waals surface area contributed by atoms with Crippen molar-refractivity contribution in [2.75, 3.05) is 17.6 Å². The highest BCUT2D eigenvalue weighted by molar-refractivity contribution is 7.99. The summed E-state index contributed by atoms with van der Waals surface area (Å²) < 4.78 is 0. The van der Waals surface area contributed by atoms with Crippen LogP contribution in [-0.2, 0) is 0 Å². The fourth-order valence-corrected chi connectivity index (χ4v) is 1.84. The van der Waals surface area contributed by atoms with Crippen molar-refractivity contribution in [3.8, 4) is 0 Å². The van der Waals surface area contributed by atoms with Gasteiger partial charge in [-0.3, -0.25) is 0 Å². The number of hydrogen-bond donors (Lipinski definition) is 1. The molecule has 3 nitrogen and oxygen atoms in total. The number of thioether (sulfide) groups is 1. The zero-order chi connectivity index (χ0) is 11.3. The molecule has 4 heteroatoms. The monoisotopic (exact) mass is 225 g/mol. The lowest BCUT2D eigenvalue weighted by atomic mass is 10.2. The minimum atomic E-state index is 0.375. The van der Waals surface area contributed by atoms with E-state index in [-0.39, 0.29) is 0 Å². The van der Waals surface area contributed by atoms with Crippen molar-refractivity contribution in [3.63, 3.8) is 0 Å². The second-order valence-corrected chi connectivity index (χ2v) is 4.85. The second-order valence-electron chi connectivity index (χ2n) is 3.57. The summed E-state index contributed by atoms with van der Waals surface area (Å²) in [4.78, 5) is 8.99. The third-order valence-electron chi connectivity index (χ3n) is 1.89. The topological polar surface area (TPSA) is 37.8 Å². The highest BCUT2D eigenvalue weighted by Gasteiger charge is 2.07. The lowest BCUT2D eigenvalue weighted by Crippen LogP contribution is -2.05. The van der Waals surface area contributed by atoms with Crippen LogP contribution < -0.4 is 5.32 Å². The molecule has 1 aromatic heterocycles. The first-order valence-corrected chi connectivity index (χ1v) is 6.41. The Morgan fingerprint density at radius 1 is 1.33 bits per heavy atom. The first kappa shape index (κ1) is 12.3. The van der Waals surface area contributed by atoms with Crippen LogP contribution in [0.4, 0.5) is 5.82 Å². The maximum Gasteiger partial charge on any atom is 0.134 e. The smallest absolute Gasteiger partial charge is 0.134 e. The van der Waals surface area contributed by atoms with Crippen molar-refractivity contribution in [2.24, 2.45) is 0 Å². The molecule has 1 heterocycles. The fourth-order valence-electron chi connectivity index (χ4n) is 1.19. The second kappa shape index (κ2) is 5.95. The molecule has 0 unspecified atom stereocenters. The van der Waals surface area contributed by atoms with E-state index in [1.54, 1.807) is 11.8 Å². The van der Waals surface area contributed by atoms with Gasteiger partial charge in [0.05, 0.1) is 0 Å². The molecule has 0 radical (unpaired) electrons. The summed E-state index contributed by atoms with van der Waals surface area (Å²) in [6, 6.07) is 2.02. The normalized spacial score (nSPS) is 10.7. The standard InChI is InChI=1S/C11H19N3S/c1-5-12-9-7-10(15-6-2)14-11(13-9)8(3)4/h7-8H,5-6H2,1-4H3,(H,12,13,14). The van der Waals surface area contributed by atoms with Crippen molar-refractivity contribution in [2.45, 2.75) is 38.6 Å². The van der Waals surface area contributed by atoms with Crippen LogP contribution in [-0.4, -0.2) is 22.3 Å². The number of anilines is 1. The first-order valence-electron chi connectivity index (χ1n) is 5.43. The Bertz CT molecular complexity index is 288. The molecular weight excluding hydrogens is 206 g/mol. The lowest BCUT2D eigenvalue weighted by molar-refractivity contribution is 0.754. The maximum absolute atomic E-state index is 4.52. The summed E-state index contributed by atoms with van der Waals surface area (Å²) in [5, 5.41) is 4.30. The molecule has 0 saturated carbocycles. The minimum Gasteiger partial charge on any atom is -0.370 e. The van der Waals surface area contributed by atoms with E-state index in [1.165, 1.54) is 0 Å². The van der Waals surface area contributed by atoms with Gasteiger partial charge in [-0.15, -0.1) is 11.8 Å². The van der Waals surface area contributed by atoms with Crippen LogP contribution in [0.2, 0.25) is 0 Å². The van der Waals surface area contributed by atoms with Gasteiger partial charge in [-0.2, -0.15) is 0 Å². The van der Waals surface area contributed by atoms with Gasteiger partial charge in [-0.1, -0.05) is 20.8 Å². The van der Waals surface area contributed by atoms with E-state index < -0.39 is 0 Å². The Hall–Kier alpha value is -0.770. The molecule has 1 rings (SSSR count). The molecule has 0 bridgehead atoms. The van der Waals surface area contributed by atoms with E-state index in [1.807, 2.05) is 6.07 Å². The molecule has 0 atom stereocenters. The predicted molar refractivity (Wildman–Crippen MR) is 66.7 cm³/mol. The molecule has 0 aliphatic rings. The summed E-state index contributed by atoms with van der Waals surface area (Å²) in [6.45, 7) is 9.33. The van der Waals surface area contributed by atoms with Gasteiger partial charge in [0.25, 0.3) is 0 Å². The highest BCUT2D eigenvalue weighted by atomic mass is 32.2. The molecule has 15 heavy (non-hydrogen) atoms. The van der Waals surface area contributed by atoms with Crippen molar-refractivity contribution < 1.29 is 0 Å². The van der Waals surface area contributed by atoms with E-state index >= 15 is 0 Å². The van der Waals surface area contributed by atoms with Crippen LogP contribution in [0.1, 0.15) is 39.4 Å². The number of nitrogens with one attached hydrogen (secondary N) is 1. The molecule has 0 aromatic carbocycles. The maximum atomic E-state index is 4.52. The molecule has 1 N–H and O–H groups in total. The Kier molecular flexibility index (Phi) is 4.88. The van der Waals surface area contributed by atoms with E-state index in [2.05, 4.69) is 43.0 Å². The average Bonchev–Trinajstić information content (AvgIpc) is 2.18. The third-order valence-corrected chi connectivity index (χ3v) is 2.68. The van der Waals surface area contributed by atoms with Crippen LogP contribution in [0.3, 0.4) is 0 Å². The molecule has 0 fully saturated rings. The van der Waals surface area contributed by atoms with Crippen molar-refractivity contribution >= 4 is 17.6 Å². The third kappa shape index (κ3) is 3.70. The highest BCUT2D eigenvalue weighted by Crippen LogP contribution is 2.21. The quantitative estimate of drug-likeness (QED) is 0.617. The van der Waals surface area contributed by atoms with E-state index in [0.29, 0.717) is 5.92 Å². The van der Waals surface area contributed by atoms with Crippen LogP contribution in [0, 0.1) is 0 Å². The summed E-state index contributed by atoms with van der Waals surface area (Å²) in [6.07, 6.45) is 0. The van der Waals surface area contributed by atoms with Crippen LogP contribution in [0.25, 0.3) is 0 Å². The van der Waals surface area contributed by atoms with Gasteiger partial charge >= 0.3 is 0 Å². The molecule has 0 aliphatic heterocycles. The van der Waals surface area contributed by atoms with Crippen LogP contribution >= 0.6 is 11.8 Å². The SMILES string of the molecule is CCNc1cc(SCC)nc(C(C)C)n1. The van der Waals surface area contributed by atoms with Gasteiger partial charge in [0, 0.05) is 18.5 Å². The Balaban J connectivity index is 2.97. The van der Waals surface area contributed by atoms with Crippen molar-refractivity contribution in [3.05, 3.63) is 11.9 Å². The van der Waals surface area contributed by atoms with E-state index in [4.69, 9.17) is 0 Å². The molecule has 0 spiro atoms. The largest absolute Gasteiger partial charge is 0.370 e. The molecule has 84 valence electrons. The van der Waals surface area contributed by atoms with E-state index in [0.717, 1.165) is 29.0 Å². The molecule has 0 amide bonds. The molecular formula is C11H19N3S. The van der Waals surface area contributed by atoms with Gasteiger partial charge in [0.15, 0.2) is 0 Å². The summed E-state index contributed by atoms with van der Waals surface area (Å²) >= 11 is 1.76. The lowest BCUT2D eigenvalue weighted by Gasteiger charge is -2.09. The number of aromatic nitrogens is 2. The predicted octanol–water partition coefficient (Wildman–Crippen LogP) is 3.14. The average molecular weight is 225 g/mol. The number of nitrogens with zero attached hydrogens (tertiary/aromatic N) is 2. The van der Waals surface area contributed by atoms with Gasteiger partial charge < -0.3 is 5.32 Å². The molecule has 0 saturated heterocycles. The van der Waals surface area contributed by atoms with Crippen molar-refractivity contribution in [1.29, 1.82) is 0 Å². The zero-order valence-electron chi connectivity index (χ0n) is 9.87. The van der Waals surface area contributed by atoms with Gasteiger partial charge in [-0.05, 0) is 12.7 Å². The summed E-state index contributed by atoms with van der Waals surface area (Å²) in [5.74, 6) is 3.27. The van der Waals surface area contributed by atoms with Gasteiger partial charge in [0.2, 0.25) is 0 Å². The van der Waals surface area contributed by atoms with Crippen molar-refractivity contribution in [1.82, 2.24) is 9.97 Å². The van der Waals surface area contributed by atoms with Gasteiger partial charge in [0.1, 0.15) is 16.7 Å². The Labute approximate surface area is 96.1 Å². The van der Waals surface area contributed by atoms with E-state index in [9.17, 15) is 0 Å². The van der Waals surface area contributed by atoms with Crippen LogP contribution in [0.5, 0.6) is 0 Å². The Morgan fingerprint density at radius 3 is 2.60 bits per heavy atom. The number of rotatable bonds is 5. The molecule has 0 aliphatic carbocycles. The summed E-state index contributed by atoms with van der Waals surface area (Å²) in [5.41, 5.74) is 0. The Morgan fingerprint density at radius 2 is 2.07 bits per heavy atom. The number of hydrogen-bond acceptors (Lipinski definition) is 4. The molecule has 1 aromatic rings. The van der Waals surface area contributed by atoms with Crippen LogP contribution in [0.15, 0.2) is 11.1 Å². The van der Waals surface area contributed by atoms with Gasteiger partial charge in [-0.25, -0.2) is 9.97 Å². The fraction of sp³-hybridized carbons (Fsp3) is 0.636. The first-order chi connectivity index (χ1) is 7.17. The summed E-state index contributed by atoms with van der Waals surface area (Å²) in [7, 11) is 0.